The number of pyridine rings is 1. The highest BCUT2D eigenvalue weighted by atomic mass is 19.1. The number of fused-ring (bicyclic) bond motifs is 3. The van der Waals surface area contributed by atoms with Crippen molar-refractivity contribution >= 4 is 21.7 Å². The lowest BCUT2D eigenvalue weighted by atomic mass is 9.95. The summed E-state index contributed by atoms with van der Waals surface area (Å²) in [5.41, 5.74) is 2.04. The average molecular weight is 496 g/mol. The molecule has 4 aromatic rings. The van der Waals surface area contributed by atoms with Gasteiger partial charge in [0.15, 0.2) is 5.82 Å². The van der Waals surface area contributed by atoms with Crippen molar-refractivity contribution in [2.24, 2.45) is 11.8 Å². The van der Waals surface area contributed by atoms with Crippen molar-refractivity contribution in [3.05, 3.63) is 52.9 Å². The molecule has 184 valence electrons. The quantitative estimate of drug-likeness (QED) is 0.383. The van der Waals surface area contributed by atoms with Crippen LogP contribution in [0.15, 0.2) is 24.3 Å². The van der Waals surface area contributed by atoms with Gasteiger partial charge in [0.25, 0.3) is 0 Å². The van der Waals surface area contributed by atoms with Gasteiger partial charge in [-0.25, -0.2) is 13.8 Å². The second kappa shape index (κ2) is 7.99. The molecular formula is C29H23F2N5O. The first-order chi connectivity index (χ1) is 18.0. The van der Waals surface area contributed by atoms with Crippen LogP contribution >= 0.6 is 0 Å². The molecule has 3 aliphatic rings. The van der Waals surface area contributed by atoms with Gasteiger partial charge in [0, 0.05) is 35.1 Å². The molecule has 2 atom stereocenters. The van der Waals surface area contributed by atoms with Crippen LogP contribution in [0.2, 0.25) is 0 Å². The Morgan fingerprint density at radius 3 is 2.65 bits per heavy atom. The normalized spacial score (nSPS) is 22.2. The van der Waals surface area contributed by atoms with Gasteiger partial charge in [-0.1, -0.05) is 12.0 Å². The third kappa shape index (κ3) is 3.26. The van der Waals surface area contributed by atoms with E-state index < -0.39 is 11.6 Å². The van der Waals surface area contributed by atoms with Crippen molar-refractivity contribution in [3.8, 4) is 35.4 Å². The Kier molecular flexibility index (Phi) is 4.80. The molecule has 1 aliphatic heterocycles. The number of rotatable bonds is 5. The smallest absolute Gasteiger partial charge is 0.175 e. The first kappa shape index (κ1) is 22.2. The summed E-state index contributed by atoms with van der Waals surface area (Å²) < 4.78 is 33.2. The molecule has 0 bridgehead atoms. The van der Waals surface area contributed by atoms with E-state index in [1.807, 2.05) is 0 Å². The first-order valence-corrected chi connectivity index (χ1v) is 12.6. The molecule has 7 rings (SSSR count). The monoisotopic (exact) mass is 495 g/mol. The Morgan fingerprint density at radius 1 is 1.16 bits per heavy atom. The van der Waals surface area contributed by atoms with Crippen LogP contribution in [0.25, 0.3) is 32.9 Å². The molecule has 2 aromatic heterocycles. The van der Waals surface area contributed by atoms with Gasteiger partial charge in [0.2, 0.25) is 0 Å². The Labute approximate surface area is 211 Å². The topological polar surface area (TPSA) is 86.8 Å². The van der Waals surface area contributed by atoms with E-state index in [2.05, 4.69) is 17.3 Å². The number of terminal acetylenes is 1. The SMILES string of the molecule is C#Cc1c(F)ccc2cc(O)cc(-c3nc(CCC#N)c4c(C5C6CNCC65)nn(C5CC5)c4c3F)c12. The maximum absolute atomic E-state index is 16.7. The largest absolute Gasteiger partial charge is 0.508 e. The predicted octanol–water partition coefficient (Wildman–Crippen LogP) is 4.94. The minimum Gasteiger partial charge on any atom is -0.508 e. The molecule has 2 N–H and O–H groups in total. The molecule has 8 heteroatoms. The van der Waals surface area contributed by atoms with E-state index in [1.165, 1.54) is 24.3 Å². The zero-order valence-electron chi connectivity index (χ0n) is 19.9. The third-order valence-electron chi connectivity index (χ3n) is 8.11. The van der Waals surface area contributed by atoms with Crippen molar-refractivity contribution in [2.45, 2.75) is 37.6 Å². The Hall–Kier alpha value is -4.01. The molecule has 2 saturated carbocycles. The number of hydrogen-bond acceptors (Lipinski definition) is 5. The number of halogens is 2. The molecule has 3 heterocycles. The van der Waals surface area contributed by atoms with Crippen LogP contribution in [-0.2, 0) is 6.42 Å². The number of phenolic OH excluding ortho intramolecular Hbond substituents is 1. The first-order valence-electron chi connectivity index (χ1n) is 12.6. The van der Waals surface area contributed by atoms with Crippen LogP contribution in [0.5, 0.6) is 5.75 Å². The van der Waals surface area contributed by atoms with E-state index in [4.69, 9.17) is 16.5 Å². The summed E-state index contributed by atoms with van der Waals surface area (Å²) in [6.45, 7) is 1.84. The molecule has 6 nitrogen and oxygen atoms in total. The molecule has 3 fully saturated rings. The summed E-state index contributed by atoms with van der Waals surface area (Å²) in [6, 6.07) is 7.89. The van der Waals surface area contributed by atoms with Crippen LogP contribution < -0.4 is 5.32 Å². The third-order valence-corrected chi connectivity index (χ3v) is 8.11. The fourth-order valence-corrected chi connectivity index (χ4v) is 6.23. The van der Waals surface area contributed by atoms with Crippen LogP contribution in [0.1, 0.15) is 48.2 Å². The van der Waals surface area contributed by atoms with Crippen LogP contribution in [-0.4, -0.2) is 33.0 Å². The van der Waals surface area contributed by atoms with Crippen molar-refractivity contribution < 1.29 is 13.9 Å². The van der Waals surface area contributed by atoms with E-state index in [0.29, 0.717) is 45.6 Å². The Bertz CT molecular complexity index is 1700. The Balaban J connectivity index is 1.55. The molecule has 37 heavy (non-hydrogen) atoms. The van der Waals surface area contributed by atoms with Gasteiger partial charge in [0.1, 0.15) is 22.8 Å². The van der Waals surface area contributed by atoms with E-state index >= 15 is 4.39 Å². The predicted molar refractivity (Wildman–Crippen MR) is 135 cm³/mol. The number of benzene rings is 2. The van der Waals surface area contributed by atoms with Gasteiger partial charge in [-0.15, -0.1) is 6.42 Å². The highest BCUT2D eigenvalue weighted by molar-refractivity contribution is 6.02. The summed E-state index contributed by atoms with van der Waals surface area (Å²) in [4.78, 5) is 4.77. The molecule has 0 spiro atoms. The summed E-state index contributed by atoms with van der Waals surface area (Å²) in [5, 5.41) is 29.7. The van der Waals surface area contributed by atoms with E-state index in [9.17, 15) is 14.8 Å². The average Bonchev–Trinajstić information content (AvgIpc) is 3.77. The van der Waals surface area contributed by atoms with Crippen LogP contribution in [0.3, 0.4) is 0 Å². The van der Waals surface area contributed by atoms with Gasteiger partial charge in [-0.2, -0.15) is 10.4 Å². The van der Waals surface area contributed by atoms with Gasteiger partial charge >= 0.3 is 0 Å². The molecule has 1 saturated heterocycles. The number of nitrogens with one attached hydrogen (secondary N) is 1. The molecule has 0 radical (unpaired) electrons. The fraction of sp³-hybridized carbons (Fsp3) is 0.345. The lowest BCUT2D eigenvalue weighted by Crippen LogP contribution is -2.14. The molecule has 0 amide bonds. The van der Waals surface area contributed by atoms with Gasteiger partial charge in [-0.3, -0.25) is 4.68 Å². The second-order valence-corrected chi connectivity index (χ2v) is 10.3. The standard InChI is InChI=1S/C29H23F2N5O/c1-2-17-21(30)8-5-14-10-16(37)11-18(23(14)17)27-26(31)29-25(22(34-27)4-3-9-32)28(35-36(29)15-6-7-15)24-19-12-33-13-20(19)24/h1,5,8,10-11,15,19-20,24,33,37H,3-4,6-7,12-13H2. The number of aromatic hydroxyl groups is 1. The summed E-state index contributed by atoms with van der Waals surface area (Å²) >= 11 is 0. The van der Waals surface area contributed by atoms with Crippen molar-refractivity contribution in [1.82, 2.24) is 20.1 Å². The van der Waals surface area contributed by atoms with E-state index in [1.54, 1.807) is 4.68 Å². The number of hydrogen-bond donors (Lipinski definition) is 2. The molecule has 2 aliphatic carbocycles. The van der Waals surface area contributed by atoms with E-state index in [-0.39, 0.29) is 41.0 Å². The number of aromatic nitrogens is 3. The Morgan fingerprint density at radius 2 is 1.95 bits per heavy atom. The number of piperidine rings is 1. The van der Waals surface area contributed by atoms with Crippen molar-refractivity contribution in [2.75, 3.05) is 13.1 Å². The highest BCUT2D eigenvalue weighted by Gasteiger charge is 2.56. The molecule has 2 aromatic carbocycles. The van der Waals surface area contributed by atoms with Crippen LogP contribution in [0, 0.1) is 47.1 Å². The summed E-state index contributed by atoms with van der Waals surface area (Å²) in [6.07, 6.45) is 8.04. The maximum atomic E-state index is 16.7. The number of phenols is 1. The number of nitrogens with zero attached hydrogens (tertiary/aromatic N) is 4. The number of aryl methyl sites for hydroxylation is 1. The minimum absolute atomic E-state index is 0.0120. The lowest BCUT2D eigenvalue weighted by molar-refractivity contribution is 0.476. The zero-order chi connectivity index (χ0) is 25.4. The maximum Gasteiger partial charge on any atom is 0.175 e. The minimum atomic E-state index is -0.604. The van der Waals surface area contributed by atoms with Crippen molar-refractivity contribution in [3.63, 3.8) is 0 Å². The van der Waals surface area contributed by atoms with Gasteiger partial charge in [0.05, 0.1) is 29.1 Å². The molecule has 2 unspecified atom stereocenters. The van der Waals surface area contributed by atoms with Crippen LogP contribution in [0.4, 0.5) is 8.78 Å². The number of nitriles is 1. The van der Waals surface area contributed by atoms with Gasteiger partial charge in [-0.05, 0) is 61.4 Å². The summed E-state index contributed by atoms with van der Waals surface area (Å²) in [5.74, 6) is 2.33. The highest BCUT2D eigenvalue weighted by Crippen LogP contribution is 2.58. The second-order valence-electron chi connectivity index (χ2n) is 10.3. The van der Waals surface area contributed by atoms with Gasteiger partial charge < -0.3 is 10.4 Å². The lowest BCUT2D eigenvalue weighted by Gasteiger charge is -2.14. The molecular weight excluding hydrogens is 472 g/mol. The van der Waals surface area contributed by atoms with Crippen molar-refractivity contribution in [1.29, 1.82) is 5.26 Å². The summed E-state index contributed by atoms with van der Waals surface area (Å²) in [7, 11) is 0. The van der Waals surface area contributed by atoms with E-state index in [0.717, 1.165) is 31.6 Å². The zero-order valence-corrected chi connectivity index (χ0v) is 19.9. The fourth-order valence-electron chi connectivity index (χ4n) is 6.23.